The summed E-state index contributed by atoms with van der Waals surface area (Å²) in [6.07, 6.45) is 0.448. The number of β-amino-alcohol motifs (C(OH)–C–C–N with tert-alkyl or cyclic N) is 1. The number of aliphatic hydroxyl groups is 1. The van der Waals surface area contributed by atoms with Gasteiger partial charge in [0.2, 0.25) is 0 Å². The van der Waals surface area contributed by atoms with Crippen molar-refractivity contribution in [2.45, 2.75) is 46.3 Å². The second-order valence-corrected chi connectivity index (χ2v) is 7.78. The van der Waals surface area contributed by atoms with Crippen molar-refractivity contribution in [3.8, 4) is 0 Å². The summed E-state index contributed by atoms with van der Waals surface area (Å²) < 4.78 is 5.92. The summed E-state index contributed by atoms with van der Waals surface area (Å²) in [5.41, 5.74) is 1.88. The molecule has 2 atom stereocenters. The third-order valence-corrected chi connectivity index (χ3v) is 4.76. The molecule has 1 saturated heterocycles. The Morgan fingerprint density at radius 3 is 2.65 bits per heavy atom. The number of aliphatic hydroxyl groups excluding tert-OH is 1. The number of morpholine rings is 1. The van der Waals surface area contributed by atoms with Gasteiger partial charge in [0.1, 0.15) is 0 Å². The van der Waals surface area contributed by atoms with Crippen LogP contribution in [0.4, 0.5) is 0 Å². The van der Waals surface area contributed by atoms with Gasteiger partial charge in [0.05, 0.1) is 18.8 Å². The number of benzene rings is 1. The molecule has 0 radical (unpaired) electrons. The topological polar surface area (TPSA) is 53.0 Å². The standard InChI is InChI=1S/C21H34N2O3/c1-5-19(24)13-22-10-11-26-20(14-22)15-23(12-16(2)3)21(25)18-8-6-17(4)7-9-18/h6-9,16,19-20,24H,5,10-15H2,1-4H3/t19-,20-/m1/s1. The Hall–Kier alpha value is -1.43. The smallest absolute Gasteiger partial charge is 0.253 e. The average molecular weight is 363 g/mol. The molecule has 1 amide bonds. The fraction of sp³-hybridized carbons (Fsp3) is 0.667. The number of aryl methyl sites for hydroxylation is 1. The number of carbonyl (C=O) groups excluding carboxylic acids is 1. The lowest BCUT2D eigenvalue weighted by atomic mass is 10.1. The van der Waals surface area contributed by atoms with Crippen LogP contribution in [0.2, 0.25) is 0 Å². The first-order valence-electron chi connectivity index (χ1n) is 9.77. The minimum absolute atomic E-state index is 0.0130. The number of amides is 1. The van der Waals surface area contributed by atoms with Gasteiger partial charge in [-0.3, -0.25) is 9.69 Å². The predicted octanol–water partition coefficient (Wildman–Crippen LogP) is 2.56. The lowest BCUT2D eigenvalue weighted by molar-refractivity contribution is -0.0513. The molecule has 1 aliphatic heterocycles. The van der Waals surface area contributed by atoms with Gasteiger partial charge < -0.3 is 14.7 Å². The quantitative estimate of drug-likeness (QED) is 0.772. The minimum Gasteiger partial charge on any atom is -0.392 e. The van der Waals surface area contributed by atoms with Crippen LogP contribution in [0.25, 0.3) is 0 Å². The zero-order valence-corrected chi connectivity index (χ0v) is 16.6. The van der Waals surface area contributed by atoms with Crippen LogP contribution >= 0.6 is 0 Å². The summed E-state index contributed by atoms with van der Waals surface area (Å²) in [5.74, 6) is 0.457. The highest BCUT2D eigenvalue weighted by Crippen LogP contribution is 2.14. The summed E-state index contributed by atoms with van der Waals surface area (Å²) in [7, 11) is 0. The van der Waals surface area contributed by atoms with E-state index in [4.69, 9.17) is 4.74 Å². The van der Waals surface area contributed by atoms with E-state index in [1.165, 1.54) is 0 Å². The summed E-state index contributed by atoms with van der Waals surface area (Å²) in [6.45, 7) is 12.5. The van der Waals surface area contributed by atoms with Gasteiger partial charge in [0.25, 0.3) is 5.91 Å². The Morgan fingerprint density at radius 2 is 2.04 bits per heavy atom. The number of carbonyl (C=O) groups is 1. The van der Waals surface area contributed by atoms with Crippen molar-refractivity contribution in [2.75, 3.05) is 39.3 Å². The maximum atomic E-state index is 13.0. The van der Waals surface area contributed by atoms with E-state index in [2.05, 4.69) is 18.7 Å². The van der Waals surface area contributed by atoms with Crippen LogP contribution in [0.15, 0.2) is 24.3 Å². The molecule has 0 bridgehead atoms. The highest BCUT2D eigenvalue weighted by Gasteiger charge is 2.26. The molecule has 0 unspecified atom stereocenters. The number of hydrogen-bond acceptors (Lipinski definition) is 4. The number of nitrogens with zero attached hydrogens (tertiary/aromatic N) is 2. The van der Waals surface area contributed by atoms with Crippen LogP contribution in [-0.4, -0.2) is 72.4 Å². The van der Waals surface area contributed by atoms with Gasteiger partial charge in [-0.25, -0.2) is 0 Å². The molecule has 1 aromatic carbocycles. The van der Waals surface area contributed by atoms with Gasteiger partial charge in [-0.15, -0.1) is 0 Å². The van der Waals surface area contributed by atoms with E-state index in [1.54, 1.807) is 0 Å². The van der Waals surface area contributed by atoms with Gasteiger partial charge in [-0.2, -0.15) is 0 Å². The summed E-state index contributed by atoms with van der Waals surface area (Å²) in [5, 5.41) is 9.91. The molecule has 1 N–H and O–H groups in total. The van der Waals surface area contributed by atoms with E-state index < -0.39 is 0 Å². The molecular formula is C21H34N2O3. The Balaban J connectivity index is 2.02. The van der Waals surface area contributed by atoms with Gasteiger partial charge in [-0.1, -0.05) is 38.5 Å². The summed E-state index contributed by atoms with van der Waals surface area (Å²) in [6, 6.07) is 7.75. The molecular weight excluding hydrogens is 328 g/mol. The maximum absolute atomic E-state index is 13.0. The minimum atomic E-state index is -0.297. The lowest BCUT2D eigenvalue weighted by Gasteiger charge is -2.37. The van der Waals surface area contributed by atoms with Crippen LogP contribution < -0.4 is 0 Å². The van der Waals surface area contributed by atoms with E-state index in [-0.39, 0.29) is 18.1 Å². The highest BCUT2D eigenvalue weighted by atomic mass is 16.5. The second kappa shape index (κ2) is 10.0. The van der Waals surface area contributed by atoms with Crippen molar-refractivity contribution in [1.29, 1.82) is 0 Å². The first kappa shape index (κ1) is 20.9. The van der Waals surface area contributed by atoms with Gasteiger partial charge in [0.15, 0.2) is 0 Å². The fourth-order valence-corrected chi connectivity index (χ4v) is 3.29. The molecule has 1 fully saturated rings. The van der Waals surface area contributed by atoms with E-state index >= 15 is 0 Å². The first-order valence-corrected chi connectivity index (χ1v) is 9.77. The first-order chi connectivity index (χ1) is 12.4. The zero-order chi connectivity index (χ0) is 19.1. The van der Waals surface area contributed by atoms with E-state index in [1.807, 2.05) is 43.0 Å². The van der Waals surface area contributed by atoms with E-state index in [9.17, 15) is 9.90 Å². The molecule has 5 heteroatoms. The fourth-order valence-electron chi connectivity index (χ4n) is 3.29. The Bertz CT molecular complexity index is 559. The van der Waals surface area contributed by atoms with Crippen molar-refractivity contribution < 1.29 is 14.6 Å². The summed E-state index contributed by atoms with van der Waals surface area (Å²) >= 11 is 0. The van der Waals surface area contributed by atoms with E-state index in [0.717, 1.165) is 30.6 Å². The monoisotopic (exact) mass is 362 g/mol. The third kappa shape index (κ3) is 6.38. The van der Waals surface area contributed by atoms with Crippen LogP contribution in [0, 0.1) is 12.8 Å². The Kier molecular flexibility index (Phi) is 8.07. The van der Waals surface area contributed by atoms with Crippen molar-refractivity contribution in [1.82, 2.24) is 9.80 Å². The molecule has 1 heterocycles. The Morgan fingerprint density at radius 1 is 1.35 bits per heavy atom. The molecule has 0 saturated carbocycles. The van der Waals surface area contributed by atoms with Crippen LogP contribution in [0.5, 0.6) is 0 Å². The molecule has 5 nitrogen and oxygen atoms in total. The molecule has 2 rings (SSSR count). The van der Waals surface area contributed by atoms with Crippen LogP contribution in [-0.2, 0) is 4.74 Å². The lowest BCUT2D eigenvalue weighted by Crippen LogP contribution is -2.50. The summed E-state index contributed by atoms with van der Waals surface area (Å²) in [4.78, 5) is 17.1. The Labute approximate surface area is 157 Å². The molecule has 146 valence electrons. The molecule has 1 aliphatic rings. The number of hydrogen-bond donors (Lipinski definition) is 1. The SMILES string of the molecule is CC[C@@H](O)CN1CCO[C@@H](CN(CC(C)C)C(=O)c2ccc(C)cc2)C1. The van der Waals surface area contributed by atoms with Crippen molar-refractivity contribution >= 4 is 5.91 Å². The molecule has 26 heavy (non-hydrogen) atoms. The molecule has 0 aliphatic carbocycles. The van der Waals surface area contributed by atoms with E-state index in [0.29, 0.717) is 32.2 Å². The number of rotatable bonds is 8. The number of ether oxygens (including phenoxy) is 1. The maximum Gasteiger partial charge on any atom is 0.253 e. The van der Waals surface area contributed by atoms with Gasteiger partial charge in [0, 0.05) is 38.3 Å². The molecule has 1 aromatic rings. The normalized spacial score (nSPS) is 19.5. The highest BCUT2D eigenvalue weighted by molar-refractivity contribution is 5.94. The van der Waals surface area contributed by atoms with Crippen molar-refractivity contribution in [3.05, 3.63) is 35.4 Å². The second-order valence-electron chi connectivity index (χ2n) is 7.78. The van der Waals surface area contributed by atoms with Gasteiger partial charge >= 0.3 is 0 Å². The van der Waals surface area contributed by atoms with Crippen LogP contribution in [0.3, 0.4) is 0 Å². The third-order valence-electron chi connectivity index (χ3n) is 4.76. The van der Waals surface area contributed by atoms with Crippen molar-refractivity contribution in [3.63, 3.8) is 0 Å². The largest absolute Gasteiger partial charge is 0.392 e. The zero-order valence-electron chi connectivity index (χ0n) is 16.6. The van der Waals surface area contributed by atoms with Gasteiger partial charge in [-0.05, 0) is 31.4 Å². The predicted molar refractivity (Wildman–Crippen MR) is 104 cm³/mol. The van der Waals surface area contributed by atoms with Crippen molar-refractivity contribution in [2.24, 2.45) is 5.92 Å². The molecule has 0 spiro atoms. The van der Waals surface area contributed by atoms with Crippen LogP contribution in [0.1, 0.15) is 43.1 Å². The molecule has 0 aromatic heterocycles. The average Bonchev–Trinajstić information content (AvgIpc) is 2.61.